The third kappa shape index (κ3) is 5.73. The van der Waals surface area contributed by atoms with E-state index in [1.807, 2.05) is 36.4 Å². The molecule has 0 radical (unpaired) electrons. The van der Waals surface area contributed by atoms with Gasteiger partial charge in [-0.05, 0) is 54.1 Å². The summed E-state index contributed by atoms with van der Waals surface area (Å²) >= 11 is 3.59. The first kappa shape index (κ1) is 21.6. The minimum Gasteiger partial charge on any atom is -0.493 e. The molecule has 0 atom stereocenters. The summed E-state index contributed by atoms with van der Waals surface area (Å²) in [6.07, 6.45) is 0. The van der Waals surface area contributed by atoms with Gasteiger partial charge in [-0.3, -0.25) is 4.79 Å². The van der Waals surface area contributed by atoms with Crippen LogP contribution in [0.25, 0.3) is 0 Å². The number of anilines is 2. The van der Waals surface area contributed by atoms with Gasteiger partial charge in [0, 0.05) is 34.9 Å². The Bertz CT molecular complexity index is 1010. The number of methoxy groups -OCH3 is 1. The molecule has 5 nitrogen and oxygen atoms in total. The summed E-state index contributed by atoms with van der Waals surface area (Å²) in [7, 11) is 1.59. The fourth-order valence-electron chi connectivity index (χ4n) is 2.87. The van der Waals surface area contributed by atoms with E-state index < -0.39 is 0 Å². The molecule has 3 aromatic rings. The number of benzene rings is 3. The number of halogens is 2. The van der Waals surface area contributed by atoms with Crippen LogP contribution in [0, 0.1) is 5.82 Å². The minimum absolute atomic E-state index is 0.112. The number of ether oxygens (including phenoxy) is 2. The van der Waals surface area contributed by atoms with Crippen molar-refractivity contribution in [2.75, 3.05) is 17.7 Å². The van der Waals surface area contributed by atoms with Crippen molar-refractivity contribution in [2.24, 2.45) is 0 Å². The van der Waals surface area contributed by atoms with Crippen LogP contribution in [0.2, 0.25) is 0 Å². The molecule has 0 spiro atoms. The zero-order valence-electron chi connectivity index (χ0n) is 16.7. The Hall–Kier alpha value is -3.06. The molecule has 0 aliphatic heterocycles. The molecule has 3 rings (SSSR count). The molecule has 0 bridgehead atoms. The first-order valence-corrected chi connectivity index (χ1v) is 10.1. The quantitative estimate of drug-likeness (QED) is 0.438. The van der Waals surface area contributed by atoms with E-state index in [4.69, 9.17) is 9.47 Å². The van der Waals surface area contributed by atoms with Crippen molar-refractivity contribution in [1.82, 2.24) is 0 Å². The summed E-state index contributed by atoms with van der Waals surface area (Å²) in [6.45, 7) is 2.24. The molecule has 1 amide bonds. The number of amides is 1. The first-order chi connectivity index (χ1) is 14.5. The molecule has 7 heteroatoms. The lowest BCUT2D eigenvalue weighted by Gasteiger charge is -2.18. The highest BCUT2D eigenvalue weighted by Gasteiger charge is 2.15. The Kier molecular flexibility index (Phi) is 7.30. The van der Waals surface area contributed by atoms with Gasteiger partial charge in [-0.2, -0.15) is 0 Å². The van der Waals surface area contributed by atoms with E-state index in [0.717, 1.165) is 27.0 Å². The van der Waals surface area contributed by atoms with Crippen molar-refractivity contribution in [3.8, 4) is 11.5 Å². The lowest BCUT2D eigenvalue weighted by molar-refractivity contribution is -0.114. The van der Waals surface area contributed by atoms with E-state index in [-0.39, 0.29) is 18.3 Å². The van der Waals surface area contributed by atoms with E-state index in [9.17, 15) is 9.18 Å². The molecular formula is C23H22BrFN2O3. The van der Waals surface area contributed by atoms with E-state index in [1.165, 1.54) is 19.1 Å². The van der Waals surface area contributed by atoms with E-state index in [2.05, 4.69) is 26.6 Å². The van der Waals surface area contributed by atoms with E-state index >= 15 is 0 Å². The average Bonchev–Trinajstić information content (AvgIpc) is 2.73. The number of rotatable bonds is 8. The molecule has 0 saturated heterocycles. The van der Waals surface area contributed by atoms with Crippen LogP contribution in [0.3, 0.4) is 0 Å². The van der Waals surface area contributed by atoms with E-state index in [1.54, 1.807) is 19.2 Å². The highest BCUT2D eigenvalue weighted by molar-refractivity contribution is 9.10. The van der Waals surface area contributed by atoms with Gasteiger partial charge in [0.25, 0.3) is 0 Å². The van der Waals surface area contributed by atoms with Crippen molar-refractivity contribution >= 4 is 33.2 Å². The van der Waals surface area contributed by atoms with Gasteiger partial charge in [0.2, 0.25) is 5.91 Å². The fraction of sp³-hybridized carbons (Fsp3) is 0.174. The Morgan fingerprint density at radius 3 is 2.30 bits per heavy atom. The zero-order valence-corrected chi connectivity index (χ0v) is 18.3. The highest BCUT2D eigenvalue weighted by atomic mass is 79.9. The van der Waals surface area contributed by atoms with Crippen molar-refractivity contribution in [3.63, 3.8) is 0 Å². The SMILES string of the molecule is COc1ccc(Br)c(CNc2ccc(NC(C)=O)cc2)c1OCc1ccc(F)cc1. The molecule has 30 heavy (non-hydrogen) atoms. The Morgan fingerprint density at radius 2 is 1.67 bits per heavy atom. The monoisotopic (exact) mass is 472 g/mol. The molecule has 2 N–H and O–H groups in total. The van der Waals surface area contributed by atoms with Crippen molar-refractivity contribution in [3.05, 3.63) is 82.1 Å². The zero-order chi connectivity index (χ0) is 21.5. The second-order valence-corrected chi connectivity index (χ2v) is 7.44. The van der Waals surface area contributed by atoms with Crippen LogP contribution < -0.4 is 20.1 Å². The van der Waals surface area contributed by atoms with Crippen molar-refractivity contribution in [2.45, 2.75) is 20.1 Å². The van der Waals surface area contributed by atoms with Gasteiger partial charge in [-0.1, -0.05) is 28.1 Å². The fourth-order valence-corrected chi connectivity index (χ4v) is 3.32. The minimum atomic E-state index is -0.284. The van der Waals surface area contributed by atoms with E-state index in [0.29, 0.717) is 18.0 Å². The maximum atomic E-state index is 13.1. The third-order valence-corrected chi connectivity index (χ3v) is 5.10. The van der Waals surface area contributed by atoms with Crippen LogP contribution in [0.5, 0.6) is 11.5 Å². The summed E-state index contributed by atoms with van der Waals surface area (Å²) in [5, 5.41) is 6.09. The van der Waals surface area contributed by atoms with Crippen LogP contribution >= 0.6 is 15.9 Å². The van der Waals surface area contributed by atoms with Crippen LogP contribution in [0.15, 0.2) is 65.1 Å². The molecule has 0 heterocycles. The molecule has 0 unspecified atom stereocenters. The summed E-state index contributed by atoms with van der Waals surface area (Å²) in [6, 6.07) is 17.4. The van der Waals surface area contributed by atoms with Gasteiger partial charge >= 0.3 is 0 Å². The lowest BCUT2D eigenvalue weighted by Crippen LogP contribution is -2.07. The summed E-state index contributed by atoms with van der Waals surface area (Å²) in [5.74, 6) is 0.823. The Balaban J connectivity index is 1.76. The van der Waals surface area contributed by atoms with Gasteiger partial charge in [-0.15, -0.1) is 0 Å². The molecule has 0 saturated carbocycles. The number of carbonyl (C=O) groups is 1. The van der Waals surface area contributed by atoms with Gasteiger partial charge in [0.1, 0.15) is 12.4 Å². The van der Waals surface area contributed by atoms with Crippen LogP contribution in [0.4, 0.5) is 15.8 Å². The normalized spacial score (nSPS) is 10.4. The molecule has 0 fully saturated rings. The Morgan fingerprint density at radius 1 is 1.00 bits per heavy atom. The predicted molar refractivity (Wildman–Crippen MR) is 119 cm³/mol. The van der Waals surface area contributed by atoms with Gasteiger partial charge in [0.05, 0.1) is 7.11 Å². The van der Waals surface area contributed by atoms with Crippen LogP contribution in [-0.2, 0) is 17.9 Å². The number of carbonyl (C=O) groups excluding carboxylic acids is 1. The second kappa shape index (κ2) is 10.1. The molecule has 156 valence electrons. The van der Waals surface area contributed by atoms with Gasteiger partial charge in [-0.25, -0.2) is 4.39 Å². The van der Waals surface area contributed by atoms with Gasteiger partial charge < -0.3 is 20.1 Å². The number of nitrogens with one attached hydrogen (secondary N) is 2. The topological polar surface area (TPSA) is 59.6 Å². The average molecular weight is 473 g/mol. The molecule has 0 aromatic heterocycles. The van der Waals surface area contributed by atoms with Crippen molar-refractivity contribution < 1.29 is 18.7 Å². The number of hydrogen-bond acceptors (Lipinski definition) is 4. The molecule has 3 aromatic carbocycles. The lowest BCUT2D eigenvalue weighted by atomic mass is 10.1. The standard InChI is InChI=1S/C23H22BrFN2O3/c1-15(28)27-19-9-7-18(8-10-19)26-13-20-21(24)11-12-22(29-2)23(20)30-14-16-3-5-17(25)6-4-16/h3-12,26H,13-14H2,1-2H3,(H,27,28). The highest BCUT2D eigenvalue weighted by Crippen LogP contribution is 2.37. The third-order valence-electron chi connectivity index (χ3n) is 4.36. The molecular weight excluding hydrogens is 451 g/mol. The second-order valence-electron chi connectivity index (χ2n) is 6.58. The Labute approximate surface area is 183 Å². The van der Waals surface area contributed by atoms with Crippen molar-refractivity contribution in [1.29, 1.82) is 0 Å². The first-order valence-electron chi connectivity index (χ1n) is 9.30. The van der Waals surface area contributed by atoms with Crippen LogP contribution in [0.1, 0.15) is 18.1 Å². The molecule has 0 aliphatic rings. The number of hydrogen-bond donors (Lipinski definition) is 2. The van der Waals surface area contributed by atoms with Gasteiger partial charge in [0.15, 0.2) is 11.5 Å². The summed E-state index contributed by atoms with van der Waals surface area (Å²) < 4.78 is 25.5. The molecule has 0 aliphatic carbocycles. The summed E-state index contributed by atoms with van der Waals surface area (Å²) in [4.78, 5) is 11.1. The smallest absolute Gasteiger partial charge is 0.221 e. The summed E-state index contributed by atoms with van der Waals surface area (Å²) in [5.41, 5.74) is 3.37. The van der Waals surface area contributed by atoms with Crippen LogP contribution in [-0.4, -0.2) is 13.0 Å². The predicted octanol–water partition coefficient (Wildman–Crippen LogP) is 5.75. The maximum absolute atomic E-state index is 13.1. The largest absolute Gasteiger partial charge is 0.493 e. The maximum Gasteiger partial charge on any atom is 0.221 e.